The number of benzene rings is 2. The number of esters is 1. The van der Waals surface area contributed by atoms with Crippen LogP contribution >= 0.6 is 22.9 Å². The van der Waals surface area contributed by atoms with E-state index in [4.69, 9.17) is 21.1 Å². The molecule has 1 aliphatic rings. The third kappa shape index (κ3) is 5.07. The van der Waals surface area contributed by atoms with E-state index in [1.54, 1.807) is 69.3 Å². The number of amides is 1. The molecule has 0 saturated carbocycles. The average Bonchev–Trinajstić information content (AvgIpc) is 3.39. The van der Waals surface area contributed by atoms with Crippen LogP contribution in [0.25, 0.3) is 5.76 Å². The minimum atomic E-state index is -1.01. The summed E-state index contributed by atoms with van der Waals surface area (Å²) < 4.78 is 10.7. The van der Waals surface area contributed by atoms with Gasteiger partial charge in [-0.3, -0.25) is 14.5 Å². The molecule has 0 unspecified atom stereocenters. The molecular formula is C28H25ClN2O6S. The Morgan fingerprint density at radius 3 is 2.55 bits per heavy atom. The number of carbonyl (C=O) groups is 3. The summed E-state index contributed by atoms with van der Waals surface area (Å²) in [6, 6.07) is 10.6. The van der Waals surface area contributed by atoms with Gasteiger partial charge < -0.3 is 14.6 Å². The van der Waals surface area contributed by atoms with Gasteiger partial charge in [0.15, 0.2) is 5.13 Å². The number of aromatic nitrogens is 1. The van der Waals surface area contributed by atoms with Gasteiger partial charge in [0.25, 0.3) is 5.78 Å². The fraction of sp³-hybridized carbons (Fsp3) is 0.214. The topological polar surface area (TPSA) is 106 Å². The number of ether oxygens (including phenoxy) is 2. The highest BCUT2D eigenvalue weighted by Crippen LogP contribution is 2.44. The van der Waals surface area contributed by atoms with Crippen LogP contribution in [0.2, 0.25) is 5.02 Å². The van der Waals surface area contributed by atoms with Crippen LogP contribution in [-0.2, 0) is 14.3 Å². The normalized spacial score (nSPS) is 16.5. The second-order valence-corrected chi connectivity index (χ2v) is 9.84. The molecule has 8 nitrogen and oxygen atoms in total. The van der Waals surface area contributed by atoms with Gasteiger partial charge >= 0.3 is 11.9 Å². The highest BCUT2D eigenvalue weighted by atomic mass is 35.5. The van der Waals surface area contributed by atoms with E-state index in [0.717, 1.165) is 11.3 Å². The molecule has 1 amide bonds. The monoisotopic (exact) mass is 552 g/mol. The van der Waals surface area contributed by atoms with E-state index in [0.29, 0.717) is 39.8 Å². The molecule has 1 aliphatic heterocycles. The number of thiazole rings is 1. The van der Waals surface area contributed by atoms with Crippen LogP contribution in [0.1, 0.15) is 45.0 Å². The Labute approximate surface area is 228 Å². The first-order valence-corrected chi connectivity index (χ1v) is 12.9. The third-order valence-corrected chi connectivity index (χ3v) is 7.29. The summed E-state index contributed by atoms with van der Waals surface area (Å²) >= 11 is 7.04. The fourth-order valence-electron chi connectivity index (χ4n) is 4.15. The van der Waals surface area contributed by atoms with Gasteiger partial charge in [-0.15, -0.1) is 0 Å². The van der Waals surface area contributed by atoms with Gasteiger partial charge in [-0.25, -0.2) is 9.78 Å². The van der Waals surface area contributed by atoms with E-state index in [2.05, 4.69) is 11.6 Å². The number of hydrogen-bond acceptors (Lipinski definition) is 8. The Kier molecular flexibility index (Phi) is 7.99. The van der Waals surface area contributed by atoms with Gasteiger partial charge in [-0.2, -0.15) is 0 Å². The van der Waals surface area contributed by atoms with Gasteiger partial charge in [-0.05, 0) is 62.2 Å². The number of nitrogens with zero attached hydrogens (tertiary/aromatic N) is 2. The fourth-order valence-corrected chi connectivity index (χ4v) is 5.27. The maximum Gasteiger partial charge on any atom is 0.350 e. The van der Waals surface area contributed by atoms with Crippen molar-refractivity contribution in [3.8, 4) is 5.75 Å². The first-order chi connectivity index (χ1) is 18.2. The lowest BCUT2D eigenvalue weighted by Gasteiger charge is -2.23. The van der Waals surface area contributed by atoms with E-state index >= 15 is 0 Å². The van der Waals surface area contributed by atoms with Crippen LogP contribution in [0.15, 0.2) is 60.7 Å². The Morgan fingerprint density at radius 2 is 1.92 bits per heavy atom. The average molecular weight is 553 g/mol. The van der Waals surface area contributed by atoms with Crippen molar-refractivity contribution in [3.05, 3.63) is 93.0 Å². The van der Waals surface area contributed by atoms with Crippen molar-refractivity contribution in [3.63, 3.8) is 0 Å². The van der Waals surface area contributed by atoms with Gasteiger partial charge in [0, 0.05) is 10.6 Å². The van der Waals surface area contributed by atoms with Crippen LogP contribution in [0.5, 0.6) is 5.75 Å². The van der Waals surface area contributed by atoms with Crippen LogP contribution in [0.4, 0.5) is 5.13 Å². The summed E-state index contributed by atoms with van der Waals surface area (Å²) in [6.45, 7) is 9.19. The smallest absolute Gasteiger partial charge is 0.350 e. The minimum Gasteiger partial charge on any atom is -0.507 e. The van der Waals surface area contributed by atoms with Crippen LogP contribution < -0.4 is 9.64 Å². The lowest BCUT2D eigenvalue weighted by molar-refractivity contribution is -0.132. The largest absolute Gasteiger partial charge is 0.507 e. The number of rotatable bonds is 8. The first kappa shape index (κ1) is 27.1. The number of aliphatic hydroxyl groups excluding tert-OH is 1. The molecular weight excluding hydrogens is 528 g/mol. The van der Waals surface area contributed by atoms with Crippen molar-refractivity contribution in [1.29, 1.82) is 0 Å². The molecule has 3 aromatic rings. The van der Waals surface area contributed by atoms with Gasteiger partial charge in [0.2, 0.25) is 0 Å². The van der Waals surface area contributed by atoms with Crippen molar-refractivity contribution in [2.24, 2.45) is 0 Å². The zero-order valence-corrected chi connectivity index (χ0v) is 22.6. The number of aryl methyl sites for hydroxylation is 2. The van der Waals surface area contributed by atoms with Gasteiger partial charge in [0.1, 0.15) is 23.0 Å². The second kappa shape index (κ2) is 11.2. The van der Waals surface area contributed by atoms with Crippen molar-refractivity contribution in [1.82, 2.24) is 4.98 Å². The molecule has 196 valence electrons. The minimum absolute atomic E-state index is 0.106. The standard InChI is InChI=1S/C28H25ClN2O6S/c1-5-13-37-19-11-12-20(15(3)14-19)23(32)21-22(17-7-9-18(29)10-8-17)31(26(34)24(21)33)28-30-16(4)25(38-28)27(35)36-6-2/h5,7-12,14,22,32H,1,6,13H2,2-4H3/t22-/m0/s1. The number of ketones is 1. The lowest BCUT2D eigenvalue weighted by atomic mass is 9.94. The van der Waals surface area contributed by atoms with Crippen molar-refractivity contribution in [2.45, 2.75) is 26.8 Å². The summed E-state index contributed by atoms with van der Waals surface area (Å²) in [4.78, 5) is 45.1. The number of aliphatic hydroxyl groups is 1. The Hall–Kier alpha value is -3.95. The predicted octanol–water partition coefficient (Wildman–Crippen LogP) is 5.78. The molecule has 0 spiro atoms. The molecule has 0 radical (unpaired) electrons. The van der Waals surface area contributed by atoms with Crippen molar-refractivity contribution in [2.75, 3.05) is 18.1 Å². The molecule has 0 bridgehead atoms. The van der Waals surface area contributed by atoms with E-state index in [1.165, 1.54) is 4.90 Å². The Balaban J connectivity index is 1.88. The Morgan fingerprint density at radius 1 is 1.21 bits per heavy atom. The maximum atomic E-state index is 13.4. The van der Waals surface area contributed by atoms with Gasteiger partial charge in [-0.1, -0.05) is 47.7 Å². The number of anilines is 1. The highest BCUT2D eigenvalue weighted by Gasteiger charge is 2.48. The molecule has 0 aliphatic carbocycles. The highest BCUT2D eigenvalue weighted by molar-refractivity contribution is 7.17. The van der Waals surface area contributed by atoms with Gasteiger partial charge in [0.05, 0.1) is 23.9 Å². The lowest BCUT2D eigenvalue weighted by Crippen LogP contribution is -2.29. The zero-order chi connectivity index (χ0) is 27.6. The molecule has 2 heterocycles. The molecule has 1 aromatic heterocycles. The molecule has 10 heteroatoms. The van der Waals surface area contributed by atoms with Crippen LogP contribution in [0.3, 0.4) is 0 Å². The number of Topliss-reactive ketones (excluding diaryl/α,β-unsaturated/α-hetero) is 1. The van der Waals surface area contributed by atoms with Crippen LogP contribution in [-0.4, -0.2) is 41.0 Å². The molecule has 1 saturated heterocycles. The second-order valence-electron chi connectivity index (χ2n) is 8.43. The summed E-state index contributed by atoms with van der Waals surface area (Å²) in [6.07, 6.45) is 1.62. The van der Waals surface area contributed by atoms with E-state index < -0.39 is 23.7 Å². The van der Waals surface area contributed by atoms with Crippen LogP contribution in [0, 0.1) is 13.8 Å². The Bertz CT molecular complexity index is 1460. The zero-order valence-electron chi connectivity index (χ0n) is 21.0. The summed E-state index contributed by atoms with van der Waals surface area (Å²) in [7, 11) is 0. The number of halogens is 1. The predicted molar refractivity (Wildman–Crippen MR) is 146 cm³/mol. The quantitative estimate of drug-likeness (QED) is 0.124. The molecule has 1 atom stereocenters. The third-order valence-electron chi connectivity index (χ3n) is 5.90. The molecule has 1 N–H and O–H groups in total. The number of hydrogen-bond donors (Lipinski definition) is 1. The maximum absolute atomic E-state index is 13.4. The summed E-state index contributed by atoms with van der Waals surface area (Å²) in [5.41, 5.74) is 1.80. The van der Waals surface area contributed by atoms with E-state index in [-0.39, 0.29) is 27.9 Å². The van der Waals surface area contributed by atoms with E-state index in [9.17, 15) is 19.5 Å². The number of carbonyl (C=O) groups excluding carboxylic acids is 3. The van der Waals surface area contributed by atoms with Crippen molar-refractivity contribution >= 4 is 51.5 Å². The molecule has 2 aromatic carbocycles. The van der Waals surface area contributed by atoms with Crippen molar-refractivity contribution < 1.29 is 29.0 Å². The summed E-state index contributed by atoms with van der Waals surface area (Å²) in [5, 5.41) is 12.0. The summed E-state index contributed by atoms with van der Waals surface area (Å²) in [5.74, 6) is -2.09. The van der Waals surface area contributed by atoms with E-state index in [1.807, 2.05) is 0 Å². The molecule has 4 rings (SSSR count). The SMILES string of the molecule is C=CCOc1ccc(C(O)=C2C(=O)C(=O)N(c3nc(C)c(C(=O)OCC)s3)[C@H]2c2ccc(Cl)cc2)c(C)c1. The molecule has 1 fully saturated rings. The first-order valence-electron chi connectivity index (χ1n) is 11.7. The molecule has 38 heavy (non-hydrogen) atoms.